The lowest BCUT2D eigenvalue weighted by Gasteiger charge is -2.34. The van der Waals surface area contributed by atoms with Gasteiger partial charge in [0.1, 0.15) is 6.07 Å². The first-order valence-corrected chi connectivity index (χ1v) is 11.1. The van der Waals surface area contributed by atoms with Gasteiger partial charge in [-0.15, -0.1) is 11.3 Å². The molecule has 1 N–H and O–H groups in total. The van der Waals surface area contributed by atoms with Gasteiger partial charge < -0.3 is 15.2 Å². The van der Waals surface area contributed by atoms with Crippen LogP contribution in [0.2, 0.25) is 0 Å². The second-order valence-electron chi connectivity index (χ2n) is 7.51. The lowest BCUT2D eigenvalue weighted by atomic mass is 9.77. The topological polar surface area (TPSA) is 112 Å². The van der Waals surface area contributed by atoms with E-state index >= 15 is 0 Å². The summed E-state index contributed by atoms with van der Waals surface area (Å²) in [5.41, 5.74) is 0.960. The number of benzene rings is 2. The average Bonchev–Trinajstić information content (AvgIpc) is 3.46. The Morgan fingerprint density at radius 3 is 2.52 bits per heavy atom. The largest absolute Gasteiger partial charge is 0.733 e. The fraction of sp³-hybridized carbons (Fsp3) is 0.208. The van der Waals surface area contributed by atoms with Crippen LogP contribution in [-0.2, 0) is 9.53 Å². The number of hydrazone groups is 1. The minimum atomic E-state index is -1.82. The second kappa shape index (κ2) is 9.03. The van der Waals surface area contributed by atoms with E-state index in [-0.39, 0.29) is 17.5 Å². The maximum Gasteiger partial charge on any atom is 0.350 e. The van der Waals surface area contributed by atoms with Crippen molar-refractivity contribution in [3.05, 3.63) is 87.3 Å². The van der Waals surface area contributed by atoms with Crippen molar-refractivity contribution in [1.29, 1.82) is 5.26 Å². The number of ether oxygens (including phenoxy) is 1. The summed E-state index contributed by atoms with van der Waals surface area (Å²) in [6.07, 6.45) is 0. The van der Waals surface area contributed by atoms with Crippen LogP contribution in [0.25, 0.3) is 0 Å². The summed E-state index contributed by atoms with van der Waals surface area (Å²) in [5, 5.41) is 38.7. The molecule has 4 rings (SSSR count). The van der Waals surface area contributed by atoms with E-state index in [1.165, 1.54) is 40.6 Å². The molecule has 2 heterocycles. The Morgan fingerprint density at radius 2 is 1.97 bits per heavy atom. The summed E-state index contributed by atoms with van der Waals surface area (Å²) in [4.78, 5) is 14.3. The number of nitrogens with zero attached hydrogens (tertiary/aromatic N) is 4. The predicted octanol–water partition coefficient (Wildman–Crippen LogP) is 4.58. The number of rotatable bonds is 6. The predicted molar refractivity (Wildman–Crippen MR) is 126 cm³/mol. The van der Waals surface area contributed by atoms with Crippen molar-refractivity contribution >= 4 is 34.4 Å². The normalized spacial score (nSPS) is 19.7. The summed E-state index contributed by atoms with van der Waals surface area (Å²) in [6, 6.07) is 19.5. The molecule has 8 nitrogen and oxygen atoms in total. The van der Waals surface area contributed by atoms with E-state index in [2.05, 4.69) is 6.07 Å². The van der Waals surface area contributed by atoms with Gasteiger partial charge in [-0.25, -0.2) is 9.80 Å². The number of carbonyl (C=O) groups excluding carboxylic acids is 1. The maximum atomic E-state index is 13.5. The molecule has 1 aliphatic rings. The van der Waals surface area contributed by atoms with E-state index in [1.807, 2.05) is 48.7 Å². The summed E-state index contributed by atoms with van der Waals surface area (Å²) < 4.78 is 5.40. The number of hydrogen-bond acceptors (Lipinski definition) is 9. The molecule has 168 valence electrons. The van der Waals surface area contributed by atoms with Crippen molar-refractivity contribution in [2.75, 3.05) is 16.8 Å². The molecule has 0 saturated heterocycles. The monoisotopic (exact) mass is 461 g/mol. The van der Waals surface area contributed by atoms with Crippen molar-refractivity contribution < 1.29 is 14.7 Å². The van der Waals surface area contributed by atoms with E-state index in [0.29, 0.717) is 11.4 Å². The summed E-state index contributed by atoms with van der Waals surface area (Å²) >= 11 is 1.46. The Labute approximate surface area is 195 Å². The van der Waals surface area contributed by atoms with Gasteiger partial charge in [-0.3, -0.25) is 5.21 Å². The molecule has 0 amide bonds. The number of hydrogen-bond donors (Lipinski definition) is 1. The van der Waals surface area contributed by atoms with Gasteiger partial charge in [-0.05, 0) is 55.1 Å². The molecule has 0 saturated carbocycles. The zero-order valence-corrected chi connectivity index (χ0v) is 18.8. The van der Waals surface area contributed by atoms with Gasteiger partial charge in [0.15, 0.2) is 0 Å². The lowest BCUT2D eigenvalue weighted by molar-refractivity contribution is -0.147. The van der Waals surface area contributed by atoms with Crippen LogP contribution in [0.15, 0.2) is 71.1 Å². The molecule has 2 aromatic carbocycles. The molecule has 1 aromatic heterocycles. The number of carbonyl (C=O) groups is 1. The molecule has 3 aromatic rings. The summed E-state index contributed by atoms with van der Waals surface area (Å²) in [6.45, 7) is 3.74. The Morgan fingerprint density at radius 1 is 1.27 bits per heavy atom. The molecule has 0 unspecified atom stereocenters. The molecule has 0 aliphatic carbocycles. The molecule has 2 atom stereocenters. The summed E-state index contributed by atoms with van der Waals surface area (Å²) in [5.74, 6) is -1.45. The maximum absolute atomic E-state index is 13.5. The molecular weight excluding hydrogens is 440 g/mol. The quantitative estimate of drug-likeness (QED) is 0.422. The minimum Gasteiger partial charge on any atom is -0.733 e. The second-order valence-corrected chi connectivity index (χ2v) is 8.45. The SMILES string of the molecule is CCOC(=O)[C@]1(C#N)[C@H](c2ccc(C)cc2)C(c2cccs2)=NN1c1ccc(N([O-])O)cc1. The molecule has 0 spiro atoms. The van der Waals surface area contributed by atoms with Gasteiger partial charge in [0.2, 0.25) is 0 Å². The molecule has 9 heteroatoms. The zero-order chi connectivity index (χ0) is 23.6. The smallest absolute Gasteiger partial charge is 0.350 e. The van der Waals surface area contributed by atoms with E-state index in [1.54, 1.807) is 6.92 Å². The molecular formula is C24H21N4O4S-. The van der Waals surface area contributed by atoms with Crippen LogP contribution in [-0.4, -0.2) is 29.0 Å². The first kappa shape index (κ1) is 22.5. The Bertz CT molecular complexity index is 1200. The number of esters is 1. The fourth-order valence-corrected chi connectivity index (χ4v) is 4.66. The number of thiophene rings is 1. The van der Waals surface area contributed by atoms with Crippen molar-refractivity contribution in [3.63, 3.8) is 0 Å². The Hall–Kier alpha value is -3.71. The van der Waals surface area contributed by atoms with Gasteiger partial charge in [-0.1, -0.05) is 35.9 Å². The van der Waals surface area contributed by atoms with Gasteiger partial charge in [0.25, 0.3) is 5.54 Å². The number of anilines is 2. The van der Waals surface area contributed by atoms with Crippen LogP contribution >= 0.6 is 11.3 Å². The van der Waals surface area contributed by atoms with Crippen molar-refractivity contribution in [2.24, 2.45) is 5.10 Å². The fourth-order valence-electron chi connectivity index (χ4n) is 3.92. The third-order valence-corrected chi connectivity index (χ3v) is 6.38. The van der Waals surface area contributed by atoms with Crippen molar-refractivity contribution in [3.8, 4) is 6.07 Å². The van der Waals surface area contributed by atoms with Crippen molar-refractivity contribution in [2.45, 2.75) is 25.3 Å². The average molecular weight is 462 g/mol. The van der Waals surface area contributed by atoms with Crippen molar-refractivity contribution in [1.82, 2.24) is 0 Å². The molecule has 0 radical (unpaired) electrons. The standard InChI is InChI=1S/C24H21N4O4S/c1-3-32-23(29)24(15-25)21(17-8-6-16(2)7-9-17)22(20-5-4-14-33-20)26-27(24)18-10-12-19(13-11-18)28(30)31/h4-14,21,30H,3H2,1-2H3/q-1/t21-,24+/m1/s1. The Balaban J connectivity index is 1.96. The first-order chi connectivity index (χ1) is 15.9. The van der Waals surface area contributed by atoms with Crippen LogP contribution in [0.1, 0.15) is 28.8 Å². The third-order valence-electron chi connectivity index (χ3n) is 5.49. The van der Waals surface area contributed by atoms with Gasteiger partial charge >= 0.3 is 5.97 Å². The minimum absolute atomic E-state index is 0.00850. The highest BCUT2D eigenvalue weighted by Crippen LogP contribution is 2.46. The molecule has 0 bridgehead atoms. The van der Waals surface area contributed by atoms with E-state index in [9.17, 15) is 20.5 Å². The van der Waals surface area contributed by atoms with Gasteiger partial charge in [-0.2, -0.15) is 10.4 Å². The first-order valence-electron chi connectivity index (χ1n) is 10.3. The third kappa shape index (κ3) is 3.85. The van der Waals surface area contributed by atoms with E-state index in [4.69, 9.17) is 9.84 Å². The highest BCUT2D eigenvalue weighted by Gasteiger charge is 2.60. The molecule has 0 fully saturated rings. The van der Waals surface area contributed by atoms with Gasteiger partial charge in [0.05, 0.1) is 34.5 Å². The van der Waals surface area contributed by atoms with E-state index in [0.717, 1.165) is 16.0 Å². The van der Waals surface area contributed by atoms with E-state index < -0.39 is 17.4 Å². The van der Waals surface area contributed by atoms with Crippen LogP contribution in [0.4, 0.5) is 11.4 Å². The van der Waals surface area contributed by atoms with Gasteiger partial charge in [0, 0.05) is 0 Å². The Kier molecular flexibility index (Phi) is 6.16. The van der Waals surface area contributed by atoms with Crippen LogP contribution in [0, 0.1) is 23.5 Å². The molecule has 33 heavy (non-hydrogen) atoms. The van der Waals surface area contributed by atoms with Crippen LogP contribution < -0.4 is 10.2 Å². The highest BCUT2D eigenvalue weighted by atomic mass is 32.1. The molecule has 1 aliphatic heterocycles. The summed E-state index contributed by atoms with van der Waals surface area (Å²) in [7, 11) is 0. The van der Waals surface area contributed by atoms with Crippen LogP contribution in [0.5, 0.6) is 0 Å². The number of aryl methyl sites for hydroxylation is 1. The lowest BCUT2D eigenvalue weighted by Crippen LogP contribution is -2.54. The zero-order valence-electron chi connectivity index (χ0n) is 18.0. The highest BCUT2D eigenvalue weighted by molar-refractivity contribution is 7.12. The number of nitriles is 1. The van der Waals surface area contributed by atoms with Crippen LogP contribution in [0.3, 0.4) is 0 Å².